The number of carbonyl (C=O) groups excluding carboxylic acids is 1. The fourth-order valence-corrected chi connectivity index (χ4v) is 2.77. The first-order chi connectivity index (χ1) is 9.60. The minimum absolute atomic E-state index is 0.0152. The molecule has 6 heteroatoms. The van der Waals surface area contributed by atoms with E-state index in [2.05, 4.69) is 10.1 Å². The van der Waals surface area contributed by atoms with Gasteiger partial charge in [0.25, 0.3) is 5.91 Å². The van der Waals surface area contributed by atoms with Crippen molar-refractivity contribution in [2.75, 3.05) is 19.7 Å². The van der Waals surface area contributed by atoms with Gasteiger partial charge in [-0.1, -0.05) is 0 Å². The fourth-order valence-electron chi connectivity index (χ4n) is 2.77. The molecule has 1 unspecified atom stereocenters. The Morgan fingerprint density at radius 2 is 2.35 bits per heavy atom. The van der Waals surface area contributed by atoms with Crippen LogP contribution in [-0.2, 0) is 7.05 Å². The van der Waals surface area contributed by atoms with Gasteiger partial charge in [0.15, 0.2) is 5.65 Å². The van der Waals surface area contributed by atoms with Crippen molar-refractivity contribution in [1.82, 2.24) is 19.7 Å². The number of hydrogen-bond acceptors (Lipinski definition) is 4. The van der Waals surface area contributed by atoms with Crippen LogP contribution in [0.25, 0.3) is 11.0 Å². The number of fused-ring (bicyclic) bond motifs is 1. The Hall–Kier alpha value is -1.95. The molecule has 6 nitrogen and oxygen atoms in total. The molecule has 3 rings (SSSR count). The molecule has 0 aliphatic carbocycles. The molecule has 106 valence electrons. The molecule has 0 radical (unpaired) electrons. The van der Waals surface area contributed by atoms with Crippen LogP contribution in [0.1, 0.15) is 22.5 Å². The van der Waals surface area contributed by atoms with Crippen LogP contribution >= 0.6 is 0 Å². The molecule has 0 spiro atoms. The average Bonchev–Trinajstić information content (AvgIpc) is 3.04. The van der Waals surface area contributed by atoms with E-state index in [1.165, 1.54) is 0 Å². The van der Waals surface area contributed by atoms with E-state index in [1.807, 2.05) is 20.0 Å². The monoisotopic (exact) mass is 274 g/mol. The van der Waals surface area contributed by atoms with E-state index < -0.39 is 0 Å². The van der Waals surface area contributed by atoms with Crippen molar-refractivity contribution in [1.29, 1.82) is 0 Å². The number of amides is 1. The maximum absolute atomic E-state index is 12.4. The summed E-state index contributed by atoms with van der Waals surface area (Å²) in [5.74, 6) is 0.189. The molecule has 1 N–H and O–H groups in total. The van der Waals surface area contributed by atoms with E-state index in [0.29, 0.717) is 18.7 Å². The predicted octanol–water partition coefficient (Wildman–Crippen LogP) is 0.731. The average molecular weight is 274 g/mol. The number of pyridine rings is 1. The van der Waals surface area contributed by atoms with E-state index >= 15 is 0 Å². The Bertz CT molecular complexity index is 664. The lowest BCUT2D eigenvalue weighted by Gasteiger charge is -2.16. The molecule has 20 heavy (non-hydrogen) atoms. The van der Waals surface area contributed by atoms with Gasteiger partial charge in [0.1, 0.15) is 0 Å². The summed E-state index contributed by atoms with van der Waals surface area (Å²) in [6, 6.07) is 1.86. The van der Waals surface area contributed by atoms with Gasteiger partial charge in [-0.25, -0.2) is 4.98 Å². The van der Waals surface area contributed by atoms with Crippen LogP contribution in [0.5, 0.6) is 0 Å². The number of aryl methyl sites for hydroxylation is 2. The van der Waals surface area contributed by atoms with E-state index in [-0.39, 0.29) is 18.4 Å². The third kappa shape index (κ3) is 2.06. The number of nitrogens with zero attached hydrogens (tertiary/aromatic N) is 4. The lowest BCUT2D eigenvalue weighted by atomic mass is 10.1. The molecular weight excluding hydrogens is 256 g/mol. The summed E-state index contributed by atoms with van der Waals surface area (Å²) in [4.78, 5) is 18.6. The molecule has 0 bridgehead atoms. The van der Waals surface area contributed by atoms with E-state index in [9.17, 15) is 4.79 Å². The highest BCUT2D eigenvalue weighted by atomic mass is 16.3. The summed E-state index contributed by atoms with van der Waals surface area (Å²) >= 11 is 0. The molecule has 2 aromatic rings. The summed E-state index contributed by atoms with van der Waals surface area (Å²) in [5, 5.41) is 14.4. The molecule has 1 atom stereocenters. The van der Waals surface area contributed by atoms with Gasteiger partial charge in [0.2, 0.25) is 0 Å². The highest BCUT2D eigenvalue weighted by molar-refractivity contribution is 5.97. The van der Waals surface area contributed by atoms with Crippen molar-refractivity contribution < 1.29 is 9.90 Å². The van der Waals surface area contributed by atoms with Gasteiger partial charge in [-0.05, 0) is 19.4 Å². The minimum atomic E-state index is -0.0152. The summed E-state index contributed by atoms with van der Waals surface area (Å²) in [6.45, 7) is 3.38. The normalized spacial score (nSPS) is 18.9. The zero-order valence-electron chi connectivity index (χ0n) is 11.7. The van der Waals surface area contributed by atoms with Crippen LogP contribution in [0.4, 0.5) is 0 Å². The summed E-state index contributed by atoms with van der Waals surface area (Å²) in [5.41, 5.74) is 2.25. The Labute approximate surface area is 117 Å². The molecule has 1 amide bonds. The van der Waals surface area contributed by atoms with Crippen LogP contribution in [0.2, 0.25) is 0 Å². The van der Waals surface area contributed by atoms with Crippen LogP contribution in [0.3, 0.4) is 0 Å². The van der Waals surface area contributed by atoms with Gasteiger partial charge in [-0.2, -0.15) is 5.10 Å². The quantitative estimate of drug-likeness (QED) is 0.876. The van der Waals surface area contributed by atoms with Crippen molar-refractivity contribution in [3.05, 3.63) is 23.5 Å². The first-order valence-corrected chi connectivity index (χ1v) is 6.79. The van der Waals surface area contributed by atoms with E-state index in [0.717, 1.165) is 23.1 Å². The third-order valence-corrected chi connectivity index (χ3v) is 3.94. The molecule has 0 aromatic carbocycles. The maximum Gasteiger partial charge on any atom is 0.255 e. The Morgan fingerprint density at radius 3 is 3.05 bits per heavy atom. The SMILES string of the molecule is Cc1nn(C)c2ncc(C(=O)N3CCC(CO)C3)cc12. The number of hydrogen-bond donors (Lipinski definition) is 1. The van der Waals surface area contributed by atoms with E-state index in [4.69, 9.17) is 5.11 Å². The van der Waals surface area contributed by atoms with Gasteiger partial charge in [0.05, 0.1) is 11.3 Å². The maximum atomic E-state index is 12.4. The molecule has 3 heterocycles. The number of aliphatic hydroxyl groups excluding tert-OH is 1. The first-order valence-electron chi connectivity index (χ1n) is 6.79. The van der Waals surface area contributed by atoms with Gasteiger partial charge >= 0.3 is 0 Å². The number of carbonyl (C=O) groups is 1. The highest BCUT2D eigenvalue weighted by Crippen LogP contribution is 2.21. The molecule has 1 aliphatic heterocycles. The van der Waals surface area contributed by atoms with Gasteiger partial charge in [-0.3, -0.25) is 9.48 Å². The molecule has 1 saturated heterocycles. The van der Waals surface area contributed by atoms with Crippen LogP contribution < -0.4 is 0 Å². The zero-order chi connectivity index (χ0) is 14.3. The first kappa shape index (κ1) is 13.1. The van der Waals surface area contributed by atoms with Gasteiger partial charge in [0, 0.05) is 44.2 Å². The number of aromatic nitrogens is 3. The van der Waals surface area contributed by atoms with E-state index in [1.54, 1.807) is 15.8 Å². The fraction of sp³-hybridized carbons (Fsp3) is 0.500. The molecule has 1 fully saturated rings. The second-order valence-corrected chi connectivity index (χ2v) is 5.39. The Kier molecular flexibility index (Phi) is 3.17. The van der Waals surface area contributed by atoms with Gasteiger partial charge < -0.3 is 10.0 Å². The van der Waals surface area contributed by atoms with Crippen molar-refractivity contribution in [2.45, 2.75) is 13.3 Å². The summed E-state index contributed by atoms with van der Waals surface area (Å²) < 4.78 is 1.72. The second-order valence-electron chi connectivity index (χ2n) is 5.39. The lowest BCUT2D eigenvalue weighted by molar-refractivity contribution is 0.0781. The summed E-state index contributed by atoms with van der Waals surface area (Å²) in [7, 11) is 1.84. The lowest BCUT2D eigenvalue weighted by Crippen LogP contribution is -2.29. The third-order valence-electron chi connectivity index (χ3n) is 3.94. The Morgan fingerprint density at radius 1 is 1.55 bits per heavy atom. The molecule has 1 aliphatic rings. The van der Waals surface area contributed by atoms with Crippen molar-refractivity contribution >= 4 is 16.9 Å². The molecular formula is C14H18N4O2. The van der Waals surface area contributed by atoms with Crippen LogP contribution in [0.15, 0.2) is 12.3 Å². The topological polar surface area (TPSA) is 71.2 Å². The minimum Gasteiger partial charge on any atom is -0.396 e. The highest BCUT2D eigenvalue weighted by Gasteiger charge is 2.26. The van der Waals surface area contributed by atoms with Crippen LogP contribution in [0, 0.1) is 12.8 Å². The standard InChI is InChI=1S/C14H18N4O2/c1-9-12-5-11(6-15-13(12)17(2)16-9)14(20)18-4-3-10(7-18)8-19/h5-6,10,19H,3-4,7-8H2,1-2H3. The smallest absolute Gasteiger partial charge is 0.255 e. The van der Waals surface area contributed by atoms with Crippen LogP contribution in [-0.4, -0.2) is 50.4 Å². The van der Waals surface area contributed by atoms with Crippen molar-refractivity contribution in [2.24, 2.45) is 13.0 Å². The molecule has 2 aromatic heterocycles. The van der Waals surface area contributed by atoms with Crippen molar-refractivity contribution in [3.8, 4) is 0 Å². The van der Waals surface area contributed by atoms with Gasteiger partial charge in [-0.15, -0.1) is 0 Å². The van der Waals surface area contributed by atoms with Crippen molar-refractivity contribution in [3.63, 3.8) is 0 Å². The number of aliphatic hydroxyl groups is 1. The number of likely N-dealkylation sites (tertiary alicyclic amines) is 1. The largest absolute Gasteiger partial charge is 0.396 e. The second kappa shape index (κ2) is 4.86. The Balaban J connectivity index is 1.90. The zero-order valence-corrected chi connectivity index (χ0v) is 11.7. The summed E-state index contributed by atoms with van der Waals surface area (Å²) in [6.07, 6.45) is 2.47. The molecule has 0 saturated carbocycles. The predicted molar refractivity (Wildman–Crippen MR) is 74.3 cm³/mol. The number of rotatable bonds is 2.